The summed E-state index contributed by atoms with van der Waals surface area (Å²) in [5.74, 6) is -0.266. The number of nitrogens with two attached hydrogens (primary N) is 1. The SMILES string of the molecule is Cn1cc(C(CN)Nc2cccc(F)c2)c(C(C)(C)C)n1. The third kappa shape index (κ3) is 3.61. The van der Waals surface area contributed by atoms with Crippen LogP contribution in [0.4, 0.5) is 10.1 Å². The summed E-state index contributed by atoms with van der Waals surface area (Å²) in [7, 11) is 1.90. The van der Waals surface area contributed by atoms with E-state index in [-0.39, 0.29) is 17.3 Å². The number of hydrogen-bond acceptors (Lipinski definition) is 3. The van der Waals surface area contributed by atoms with Gasteiger partial charge in [-0.25, -0.2) is 4.39 Å². The molecule has 114 valence electrons. The topological polar surface area (TPSA) is 55.9 Å². The molecule has 3 N–H and O–H groups in total. The van der Waals surface area contributed by atoms with E-state index in [1.165, 1.54) is 12.1 Å². The van der Waals surface area contributed by atoms with E-state index in [0.29, 0.717) is 12.2 Å². The molecule has 5 heteroatoms. The summed E-state index contributed by atoms with van der Waals surface area (Å²) in [6.45, 7) is 6.77. The molecular formula is C16H23FN4. The zero-order valence-corrected chi connectivity index (χ0v) is 13.0. The van der Waals surface area contributed by atoms with E-state index in [2.05, 4.69) is 31.2 Å². The number of halogens is 1. The lowest BCUT2D eigenvalue weighted by atomic mass is 9.87. The van der Waals surface area contributed by atoms with Gasteiger partial charge >= 0.3 is 0 Å². The Morgan fingerprint density at radius 1 is 1.38 bits per heavy atom. The molecule has 0 spiro atoms. The monoisotopic (exact) mass is 290 g/mol. The van der Waals surface area contributed by atoms with Gasteiger partial charge in [-0.05, 0) is 18.2 Å². The third-order valence-electron chi connectivity index (χ3n) is 3.34. The number of anilines is 1. The van der Waals surface area contributed by atoms with Gasteiger partial charge in [-0.1, -0.05) is 26.8 Å². The van der Waals surface area contributed by atoms with E-state index in [9.17, 15) is 4.39 Å². The van der Waals surface area contributed by atoms with Crippen molar-refractivity contribution in [3.8, 4) is 0 Å². The van der Waals surface area contributed by atoms with Crippen molar-refractivity contribution in [2.75, 3.05) is 11.9 Å². The zero-order valence-electron chi connectivity index (χ0n) is 13.0. The van der Waals surface area contributed by atoms with Crippen molar-refractivity contribution in [3.05, 3.63) is 47.5 Å². The van der Waals surface area contributed by atoms with Crippen molar-refractivity contribution < 1.29 is 4.39 Å². The summed E-state index contributed by atoms with van der Waals surface area (Å²) in [6, 6.07) is 6.30. The first-order valence-electron chi connectivity index (χ1n) is 7.07. The van der Waals surface area contributed by atoms with Crippen LogP contribution in [0.3, 0.4) is 0 Å². The van der Waals surface area contributed by atoms with Crippen LogP contribution in [0.2, 0.25) is 0 Å². The number of hydrogen-bond donors (Lipinski definition) is 2. The van der Waals surface area contributed by atoms with E-state index >= 15 is 0 Å². The molecule has 0 saturated heterocycles. The first-order valence-corrected chi connectivity index (χ1v) is 7.07. The van der Waals surface area contributed by atoms with E-state index in [0.717, 1.165) is 11.3 Å². The first kappa shape index (κ1) is 15.5. The molecule has 0 radical (unpaired) electrons. The summed E-state index contributed by atoms with van der Waals surface area (Å²) in [5.41, 5.74) is 8.62. The van der Waals surface area contributed by atoms with Crippen LogP contribution in [0.25, 0.3) is 0 Å². The Morgan fingerprint density at radius 2 is 2.10 bits per heavy atom. The maximum absolute atomic E-state index is 13.3. The largest absolute Gasteiger partial charge is 0.377 e. The molecular weight excluding hydrogens is 267 g/mol. The van der Waals surface area contributed by atoms with E-state index < -0.39 is 0 Å². The lowest BCUT2D eigenvalue weighted by Crippen LogP contribution is -2.24. The quantitative estimate of drug-likeness (QED) is 0.910. The van der Waals surface area contributed by atoms with Crippen molar-refractivity contribution in [2.24, 2.45) is 12.8 Å². The normalized spacial score (nSPS) is 13.2. The second-order valence-electron chi connectivity index (χ2n) is 6.30. The van der Waals surface area contributed by atoms with Gasteiger partial charge in [-0.15, -0.1) is 0 Å². The Kier molecular flexibility index (Phi) is 4.32. The third-order valence-corrected chi connectivity index (χ3v) is 3.34. The van der Waals surface area contributed by atoms with Gasteiger partial charge in [0.25, 0.3) is 0 Å². The van der Waals surface area contributed by atoms with Crippen LogP contribution < -0.4 is 11.1 Å². The van der Waals surface area contributed by atoms with Crippen molar-refractivity contribution in [1.82, 2.24) is 9.78 Å². The minimum Gasteiger partial charge on any atom is -0.377 e. The molecule has 4 nitrogen and oxygen atoms in total. The number of aromatic nitrogens is 2. The highest BCUT2D eigenvalue weighted by atomic mass is 19.1. The predicted molar refractivity (Wildman–Crippen MR) is 83.7 cm³/mol. The highest BCUT2D eigenvalue weighted by molar-refractivity contribution is 5.46. The molecule has 0 amide bonds. The minimum atomic E-state index is -0.266. The molecule has 0 bridgehead atoms. The molecule has 0 saturated carbocycles. The molecule has 0 aliphatic rings. The van der Waals surface area contributed by atoms with Gasteiger partial charge in [0.05, 0.1) is 11.7 Å². The van der Waals surface area contributed by atoms with Crippen LogP contribution in [0.1, 0.15) is 38.1 Å². The van der Waals surface area contributed by atoms with Crippen LogP contribution >= 0.6 is 0 Å². The smallest absolute Gasteiger partial charge is 0.125 e. The van der Waals surface area contributed by atoms with Crippen LogP contribution in [-0.4, -0.2) is 16.3 Å². The molecule has 1 heterocycles. The Bertz CT molecular complexity index is 613. The predicted octanol–water partition coefficient (Wildman–Crippen LogP) is 2.97. The van der Waals surface area contributed by atoms with Gasteiger partial charge < -0.3 is 11.1 Å². The maximum atomic E-state index is 13.3. The molecule has 1 atom stereocenters. The van der Waals surface area contributed by atoms with E-state index in [1.807, 2.05) is 19.3 Å². The van der Waals surface area contributed by atoms with Crippen molar-refractivity contribution >= 4 is 5.69 Å². The fraction of sp³-hybridized carbons (Fsp3) is 0.438. The molecule has 2 aromatic rings. The van der Waals surface area contributed by atoms with Crippen LogP contribution in [0.15, 0.2) is 30.5 Å². The number of aryl methyl sites for hydroxylation is 1. The molecule has 21 heavy (non-hydrogen) atoms. The molecule has 0 aliphatic carbocycles. The molecule has 2 rings (SSSR count). The van der Waals surface area contributed by atoms with Crippen LogP contribution in [0.5, 0.6) is 0 Å². The van der Waals surface area contributed by atoms with Crippen molar-refractivity contribution in [2.45, 2.75) is 32.2 Å². The molecule has 0 aliphatic heterocycles. The molecule has 1 aromatic carbocycles. The van der Waals surface area contributed by atoms with E-state index in [4.69, 9.17) is 5.73 Å². The fourth-order valence-electron chi connectivity index (χ4n) is 2.39. The standard InChI is InChI=1S/C16H23FN4/c1-16(2,3)15-13(10-21(4)20-15)14(9-18)19-12-7-5-6-11(17)8-12/h5-8,10,14,19H,9,18H2,1-4H3. The number of nitrogens with zero attached hydrogens (tertiary/aromatic N) is 2. The minimum absolute atomic E-state index is 0.0758. The second kappa shape index (κ2) is 5.85. The van der Waals surface area contributed by atoms with Crippen LogP contribution in [-0.2, 0) is 12.5 Å². The van der Waals surface area contributed by atoms with Gasteiger partial charge in [0.2, 0.25) is 0 Å². The summed E-state index contributed by atoms with van der Waals surface area (Å²) in [5, 5.41) is 7.85. The Hall–Kier alpha value is -1.88. The van der Waals surface area contributed by atoms with Crippen LogP contribution in [0, 0.1) is 5.82 Å². The number of nitrogens with one attached hydrogen (secondary N) is 1. The zero-order chi connectivity index (χ0) is 15.6. The van der Waals surface area contributed by atoms with Gasteiger partial charge in [-0.2, -0.15) is 5.10 Å². The summed E-state index contributed by atoms with van der Waals surface area (Å²) in [4.78, 5) is 0. The summed E-state index contributed by atoms with van der Waals surface area (Å²) >= 11 is 0. The lowest BCUT2D eigenvalue weighted by molar-refractivity contribution is 0.544. The Morgan fingerprint density at radius 3 is 2.67 bits per heavy atom. The maximum Gasteiger partial charge on any atom is 0.125 e. The first-order chi connectivity index (χ1) is 9.81. The molecule has 0 fully saturated rings. The average molecular weight is 290 g/mol. The number of benzene rings is 1. The van der Waals surface area contributed by atoms with E-state index in [1.54, 1.807) is 10.7 Å². The summed E-state index contributed by atoms with van der Waals surface area (Å²) in [6.07, 6.45) is 1.98. The van der Waals surface area contributed by atoms with Gasteiger partial charge in [0.1, 0.15) is 5.82 Å². The van der Waals surface area contributed by atoms with Gasteiger partial charge in [-0.3, -0.25) is 4.68 Å². The average Bonchev–Trinajstić information content (AvgIpc) is 2.78. The Balaban J connectivity index is 2.34. The fourth-order valence-corrected chi connectivity index (χ4v) is 2.39. The summed E-state index contributed by atoms with van der Waals surface area (Å²) < 4.78 is 15.1. The van der Waals surface area contributed by atoms with Crippen molar-refractivity contribution in [1.29, 1.82) is 0 Å². The highest BCUT2D eigenvalue weighted by Crippen LogP contribution is 2.29. The second-order valence-corrected chi connectivity index (χ2v) is 6.30. The molecule has 1 unspecified atom stereocenters. The lowest BCUT2D eigenvalue weighted by Gasteiger charge is -2.23. The van der Waals surface area contributed by atoms with Gasteiger partial charge in [0, 0.05) is 36.5 Å². The van der Waals surface area contributed by atoms with Gasteiger partial charge in [0.15, 0.2) is 0 Å². The Labute approximate surface area is 125 Å². The highest BCUT2D eigenvalue weighted by Gasteiger charge is 2.26. The van der Waals surface area contributed by atoms with Crippen molar-refractivity contribution in [3.63, 3.8) is 0 Å². The number of rotatable bonds is 4. The molecule has 1 aromatic heterocycles.